The van der Waals surface area contributed by atoms with Crippen LogP contribution in [0.2, 0.25) is 0 Å². The zero-order valence-corrected chi connectivity index (χ0v) is 9.42. The maximum absolute atomic E-state index is 12.1. The molecule has 0 aromatic heterocycles. The molecule has 1 aromatic carbocycles. The Morgan fingerprint density at radius 2 is 1.71 bits per heavy atom. The van der Waals surface area contributed by atoms with E-state index in [1.54, 1.807) is 12.1 Å². The van der Waals surface area contributed by atoms with Crippen LogP contribution in [0.1, 0.15) is 18.4 Å². The zero-order valence-electron chi connectivity index (χ0n) is 8.53. The molecule has 1 N–H and O–H groups in total. The van der Waals surface area contributed by atoms with E-state index in [0.717, 1.165) is 18.4 Å². The first-order valence-electron chi connectivity index (χ1n) is 4.80. The summed E-state index contributed by atoms with van der Waals surface area (Å²) < 4.78 is 12.1. The van der Waals surface area contributed by atoms with Crippen molar-refractivity contribution in [2.75, 3.05) is 13.3 Å². The Morgan fingerprint density at radius 1 is 1.21 bits per heavy atom. The molecule has 3 heteroatoms. The molecule has 0 heterocycles. The fourth-order valence-corrected chi connectivity index (χ4v) is 3.99. The number of hydrogen-bond donors (Lipinski definition) is 1. The van der Waals surface area contributed by atoms with E-state index in [1.165, 1.54) is 0 Å². The standard InChI is InChI=1S/C11H15O2P/c1-14(2,13)11(7-8-11)9-3-5-10(12)6-4-9/h3-6,12H,7-8H2,1-2H3. The number of aromatic hydroxyl groups is 1. The van der Waals surface area contributed by atoms with Crippen molar-refractivity contribution in [3.8, 4) is 5.75 Å². The molecule has 76 valence electrons. The third kappa shape index (κ3) is 1.38. The summed E-state index contributed by atoms with van der Waals surface area (Å²) in [6, 6.07) is 7.13. The van der Waals surface area contributed by atoms with Gasteiger partial charge in [-0.3, -0.25) is 0 Å². The predicted molar refractivity (Wildman–Crippen MR) is 58.5 cm³/mol. The normalized spacial score (nSPS) is 19.3. The Hall–Kier alpha value is -0.750. The lowest BCUT2D eigenvalue weighted by Gasteiger charge is -2.20. The number of rotatable bonds is 2. The third-order valence-corrected chi connectivity index (χ3v) is 5.93. The van der Waals surface area contributed by atoms with Crippen LogP contribution in [0.4, 0.5) is 0 Å². The molecule has 1 aromatic rings. The van der Waals surface area contributed by atoms with E-state index in [0.29, 0.717) is 0 Å². The second-order valence-electron chi connectivity index (χ2n) is 4.43. The van der Waals surface area contributed by atoms with Crippen molar-refractivity contribution in [1.82, 2.24) is 0 Å². The van der Waals surface area contributed by atoms with Gasteiger partial charge in [0.25, 0.3) is 0 Å². The van der Waals surface area contributed by atoms with Crippen molar-refractivity contribution in [2.45, 2.75) is 18.0 Å². The van der Waals surface area contributed by atoms with Crippen molar-refractivity contribution in [3.63, 3.8) is 0 Å². The molecule has 0 unspecified atom stereocenters. The lowest BCUT2D eigenvalue weighted by Crippen LogP contribution is -2.05. The Bertz CT molecular complexity index is 384. The number of benzene rings is 1. The molecular weight excluding hydrogens is 195 g/mol. The van der Waals surface area contributed by atoms with E-state index < -0.39 is 7.14 Å². The largest absolute Gasteiger partial charge is 0.508 e. The molecule has 1 fully saturated rings. The van der Waals surface area contributed by atoms with Gasteiger partial charge < -0.3 is 9.67 Å². The Morgan fingerprint density at radius 3 is 2.07 bits per heavy atom. The van der Waals surface area contributed by atoms with E-state index >= 15 is 0 Å². The van der Waals surface area contributed by atoms with E-state index in [9.17, 15) is 9.67 Å². The van der Waals surface area contributed by atoms with Crippen molar-refractivity contribution in [3.05, 3.63) is 29.8 Å². The van der Waals surface area contributed by atoms with Crippen LogP contribution >= 0.6 is 7.14 Å². The van der Waals surface area contributed by atoms with Crippen LogP contribution in [0, 0.1) is 0 Å². The van der Waals surface area contributed by atoms with Crippen molar-refractivity contribution >= 4 is 7.14 Å². The highest BCUT2D eigenvalue weighted by Gasteiger charge is 2.53. The highest BCUT2D eigenvalue weighted by atomic mass is 31.2. The number of hydrogen-bond acceptors (Lipinski definition) is 2. The predicted octanol–water partition coefficient (Wildman–Crippen LogP) is 3.00. The average Bonchev–Trinajstić information content (AvgIpc) is 2.84. The van der Waals surface area contributed by atoms with Gasteiger partial charge in [-0.1, -0.05) is 12.1 Å². The van der Waals surface area contributed by atoms with Gasteiger partial charge in [0.05, 0.1) is 7.14 Å². The highest BCUT2D eigenvalue weighted by molar-refractivity contribution is 7.63. The molecule has 0 spiro atoms. The monoisotopic (exact) mass is 210 g/mol. The van der Waals surface area contributed by atoms with Gasteiger partial charge in [0, 0.05) is 5.16 Å². The van der Waals surface area contributed by atoms with Crippen molar-refractivity contribution in [1.29, 1.82) is 0 Å². The molecular formula is C11H15O2P. The van der Waals surface area contributed by atoms with Gasteiger partial charge in [-0.25, -0.2) is 0 Å². The molecule has 0 amide bonds. The second-order valence-corrected chi connectivity index (χ2v) is 7.99. The molecule has 0 aliphatic heterocycles. The Kier molecular flexibility index (Phi) is 2.01. The second kappa shape index (κ2) is 2.87. The maximum atomic E-state index is 12.1. The minimum Gasteiger partial charge on any atom is -0.508 e. The van der Waals surface area contributed by atoms with Gasteiger partial charge in [0.1, 0.15) is 5.75 Å². The van der Waals surface area contributed by atoms with Crippen LogP contribution in [0.25, 0.3) is 0 Å². The van der Waals surface area contributed by atoms with Gasteiger partial charge in [0.2, 0.25) is 0 Å². The van der Waals surface area contributed by atoms with Gasteiger partial charge in [-0.15, -0.1) is 0 Å². The van der Waals surface area contributed by atoms with E-state index in [2.05, 4.69) is 0 Å². The first-order chi connectivity index (χ1) is 6.46. The van der Waals surface area contributed by atoms with Crippen molar-refractivity contribution < 1.29 is 9.67 Å². The SMILES string of the molecule is CP(C)(=O)C1(c2ccc(O)cc2)CC1. The molecule has 1 saturated carbocycles. The quantitative estimate of drug-likeness (QED) is 0.762. The summed E-state index contributed by atoms with van der Waals surface area (Å²) in [4.78, 5) is 0. The molecule has 0 saturated heterocycles. The van der Waals surface area contributed by atoms with Gasteiger partial charge in [-0.2, -0.15) is 0 Å². The van der Waals surface area contributed by atoms with E-state index in [1.807, 2.05) is 25.5 Å². The van der Waals surface area contributed by atoms with Crippen LogP contribution in [-0.4, -0.2) is 18.4 Å². The number of phenols is 1. The van der Waals surface area contributed by atoms with Crippen molar-refractivity contribution in [2.24, 2.45) is 0 Å². The smallest absolute Gasteiger partial charge is 0.115 e. The summed E-state index contributed by atoms with van der Waals surface area (Å²) in [5, 5.41) is 9.09. The summed E-state index contributed by atoms with van der Waals surface area (Å²) >= 11 is 0. The summed E-state index contributed by atoms with van der Waals surface area (Å²) in [5.41, 5.74) is 1.11. The third-order valence-electron chi connectivity index (χ3n) is 3.16. The van der Waals surface area contributed by atoms with Crippen LogP contribution in [0.3, 0.4) is 0 Å². The summed E-state index contributed by atoms with van der Waals surface area (Å²) in [6.45, 7) is 3.71. The number of phenolic OH excluding ortho intramolecular Hbond substituents is 1. The van der Waals surface area contributed by atoms with Crippen LogP contribution in [0.5, 0.6) is 5.75 Å². The molecule has 14 heavy (non-hydrogen) atoms. The minimum absolute atomic E-state index is 0.0826. The summed E-state index contributed by atoms with van der Waals surface area (Å²) in [5.74, 6) is 0.270. The van der Waals surface area contributed by atoms with E-state index in [-0.39, 0.29) is 10.9 Å². The maximum Gasteiger partial charge on any atom is 0.115 e. The fraction of sp³-hybridized carbons (Fsp3) is 0.455. The zero-order chi connectivity index (χ0) is 10.4. The topological polar surface area (TPSA) is 37.3 Å². The lowest BCUT2D eigenvalue weighted by molar-refractivity contribution is 0.475. The lowest BCUT2D eigenvalue weighted by atomic mass is 10.1. The highest BCUT2D eigenvalue weighted by Crippen LogP contribution is 2.71. The molecule has 1 aliphatic carbocycles. The van der Waals surface area contributed by atoms with Crippen LogP contribution < -0.4 is 0 Å². The van der Waals surface area contributed by atoms with E-state index in [4.69, 9.17) is 0 Å². The van der Waals surface area contributed by atoms with Gasteiger partial charge in [-0.05, 0) is 43.9 Å². The van der Waals surface area contributed by atoms with Gasteiger partial charge in [0.15, 0.2) is 0 Å². The first-order valence-corrected chi connectivity index (χ1v) is 7.40. The van der Waals surface area contributed by atoms with Crippen LogP contribution in [0.15, 0.2) is 24.3 Å². The summed E-state index contributed by atoms with van der Waals surface area (Å²) in [7, 11) is -2.08. The Balaban J connectivity index is 2.41. The van der Waals surface area contributed by atoms with Crippen LogP contribution in [-0.2, 0) is 9.72 Å². The molecule has 0 bridgehead atoms. The molecule has 2 nitrogen and oxygen atoms in total. The average molecular weight is 210 g/mol. The molecule has 1 aliphatic rings. The Labute approximate surface area is 84.3 Å². The molecule has 2 rings (SSSR count). The van der Waals surface area contributed by atoms with Gasteiger partial charge >= 0.3 is 0 Å². The summed E-state index contributed by atoms with van der Waals surface area (Å²) in [6.07, 6.45) is 2.03. The molecule has 0 atom stereocenters. The first kappa shape index (κ1) is 9.79. The fourth-order valence-electron chi connectivity index (χ4n) is 2.03. The molecule has 0 radical (unpaired) electrons. The minimum atomic E-state index is -2.08.